The molecule has 1 aromatic carbocycles. The molecule has 2 rings (SSSR count). The van der Waals surface area contributed by atoms with Gasteiger partial charge in [-0.15, -0.1) is 0 Å². The zero-order valence-electron chi connectivity index (χ0n) is 16.3. The third-order valence-corrected chi connectivity index (χ3v) is 5.21. The first kappa shape index (κ1) is 22.3. The standard InChI is InChI=1S/C19H22BrNO6S/c1-6-26-18(23)11(4)21-17(22)15(28-19(21)24)9-12-7-13(20)16(27-10(2)3)14(8-12)25-5/h7-11H,6H2,1-5H3. The predicted molar refractivity (Wildman–Crippen MR) is 110 cm³/mol. The van der Waals surface area contributed by atoms with Gasteiger partial charge in [0.1, 0.15) is 6.04 Å². The maximum Gasteiger partial charge on any atom is 0.329 e. The van der Waals surface area contributed by atoms with Gasteiger partial charge in [-0.25, -0.2) is 4.79 Å². The molecule has 0 aliphatic carbocycles. The number of ether oxygens (including phenoxy) is 3. The van der Waals surface area contributed by atoms with Gasteiger partial charge in [0.15, 0.2) is 11.5 Å². The third-order valence-electron chi connectivity index (χ3n) is 3.74. The molecular weight excluding hydrogens is 450 g/mol. The van der Waals surface area contributed by atoms with Gasteiger partial charge in [-0.3, -0.25) is 14.5 Å². The van der Waals surface area contributed by atoms with Crippen molar-refractivity contribution in [3.05, 3.63) is 27.1 Å². The molecule has 1 unspecified atom stereocenters. The van der Waals surface area contributed by atoms with Crippen molar-refractivity contribution in [2.75, 3.05) is 13.7 Å². The molecule has 0 bridgehead atoms. The second kappa shape index (κ2) is 9.47. The highest BCUT2D eigenvalue weighted by Crippen LogP contribution is 2.39. The smallest absolute Gasteiger partial charge is 0.329 e. The molecule has 1 saturated heterocycles. The fourth-order valence-corrected chi connectivity index (χ4v) is 3.97. The molecule has 7 nitrogen and oxygen atoms in total. The molecular formula is C19H22BrNO6S. The van der Waals surface area contributed by atoms with Crippen molar-refractivity contribution in [2.45, 2.75) is 39.8 Å². The molecule has 1 heterocycles. The molecule has 1 aromatic rings. The van der Waals surface area contributed by atoms with Crippen molar-refractivity contribution in [1.82, 2.24) is 4.90 Å². The Morgan fingerprint density at radius 2 is 1.96 bits per heavy atom. The van der Waals surface area contributed by atoms with Gasteiger partial charge in [-0.05, 0) is 79.2 Å². The molecule has 152 valence electrons. The summed E-state index contributed by atoms with van der Waals surface area (Å²) >= 11 is 4.23. The number of hydrogen-bond donors (Lipinski definition) is 0. The molecule has 1 aliphatic heterocycles. The van der Waals surface area contributed by atoms with E-state index >= 15 is 0 Å². The summed E-state index contributed by atoms with van der Waals surface area (Å²) < 4.78 is 16.7. The molecule has 0 saturated carbocycles. The SMILES string of the molecule is CCOC(=O)C(C)N1C(=O)SC(=Cc2cc(Br)c(OC(C)C)c(OC)c2)C1=O. The van der Waals surface area contributed by atoms with Crippen LogP contribution in [-0.4, -0.2) is 47.9 Å². The van der Waals surface area contributed by atoms with Crippen LogP contribution in [-0.2, 0) is 14.3 Å². The first-order chi connectivity index (χ1) is 13.2. The summed E-state index contributed by atoms with van der Waals surface area (Å²) in [6, 6.07) is 2.50. The van der Waals surface area contributed by atoms with E-state index in [-0.39, 0.29) is 17.6 Å². The van der Waals surface area contributed by atoms with E-state index in [0.717, 1.165) is 16.7 Å². The average Bonchev–Trinajstić information content (AvgIpc) is 2.89. The monoisotopic (exact) mass is 471 g/mol. The highest BCUT2D eigenvalue weighted by atomic mass is 79.9. The van der Waals surface area contributed by atoms with Gasteiger partial charge in [0, 0.05) is 0 Å². The molecule has 28 heavy (non-hydrogen) atoms. The number of carbonyl (C=O) groups is 3. The normalized spacial score (nSPS) is 16.7. The van der Waals surface area contributed by atoms with Gasteiger partial charge in [-0.1, -0.05) is 0 Å². The second-order valence-corrected chi connectivity index (χ2v) is 8.03. The molecule has 2 amide bonds. The van der Waals surface area contributed by atoms with Crippen molar-refractivity contribution in [3.63, 3.8) is 0 Å². The number of thioether (sulfide) groups is 1. The molecule has 1 aliphatic rings. The van der Waals surface area contributed by atoms with Crippen LogP contribution >= 0.6 is 27.7 Å². The summed E-state index contributed by atoms with van der Waals surface area (Å²) in [4.78, 5) is 38.0. The van der Waals surface area contributed by atoms with Crippen LogP contribution < -0.4 is 9.47 Å². The van der Waals surface area contributed by atoms with E-state index in [2.05, 4.69) is 15.9 Å². The lowest BCUT2D eigenvalue weighted by atomic mass is 10.1. The minimum atomic E-state index is -0.985. The zero-order valence-corrected chi connectivity index (χ0v) is 18.7. The minimum Gasteiger partial charge on any atom is -0.493 e. The molecule has 0 aromatic heterocycles. The molecule has 1 atom stereocenters. The van der Waals surface area contributed by atoms with E-state index in [4.69, 9.17) is 14.2 Å². The lowest BCUT2D eigenvalue weighted by molar-refractivity contribution is -0.150. The fraction of sp³-hybridized carbons (Fsp3) is 0.421. The molecule has 0 spiro atoms. The van der Waals surface area contributed by atoms with Crippen molar-refractivity contribution < 1.29 is 28.6 Å². The van der Waals surface area contributed by atoms with Crippen molar-refractivity contribution in [3.8, 4) is 11.5 Å². The van der Waals surface area contributed by atoms with Crippen LogP contribution in [0.25, 0.3) is 6.08 Å². The topological polar surface area (TPSA) is 82.1 Å². The number of nitrogens with zero attached hydrogens (tertiary/aromatic N) is 1. The van der Waals surface area contributed by atoms with Crippen molar-refractivity contribution in [1.29, 1.82) is 0 Å². The van der Waals surface area contributed by atoms with Crippen molar-refractivity contribution in [2.24, 2.45) is 0 Å². The van der Waals surface area contributed by atoms with Gasteiger partial charge < -0.3 is 14.2 Å². The molecule has 9 heteroatoms. The highest BCUT2D eigenvalue weighted by molar-refractivity contribution is 9.10. The Balaban J connectivity index is 2.33. The van der Waals surface area contributed by atoms with Crippen LogP contribution in [0.1, 0.15) is 33.3 Å². The maximum atomic E-state index is 12.7. The van der Waals surface area contributed by atoms with Crippen LogP contribution in [0.4, 0.5) is 4.79 Å². The van der Waals surface area contributed by atoms with Crippen LogP contribution in [0.15, 0.2) is 21.5 Å². The lowest BCUT2D eigenvalue weighted by Gasteiger charge is -2.19. The Morgan fingerprint density at radius 3 is 2.54 bits per heavy atom. The first-order valence-electron chi connectivity index (χ1n) is 8.67. The number of esters is 1. The quantitative estimate of drug-likeness (QED) is 0.434. The number of methoxy groups -OCH3 is 1. The van der Waals surface area contributed by atoms with E-state index in [1.54, 1.807) is 25.1 Å². The van der Waals surface area contributed by atoms with Crippen LogP contribution in [0.2, 0.25) is 0 Å². The Labute approximate surface area is 176 Å². The zero-order chi connectivity index (χ0) is 21.0. The number of imide groups is 1. The molecule has 0 N–H and O–H groups in total. The number of amides is 2. The van der Waals surface area contributed by atoms with E-state index in [0.29, 0.717) is 21.5 Å². The van der Waals surface area contributed by atoms with E-state index in [9.17, 15) is 14.4 Å². The van der Waals surface area contributed by atoms with E-state index in [1.807, 2.05) is 13.8 Å². The summed E-state index contributed by atoms with van der Waals surface area (Å²) in [5.74, 6) is -0.106. The number of halogens is 1. The van der Waals surface area contributed by atoms with Gasteiger partial charge in [-0.2, -0.15) is 0 Å². The highest BCUT2D eigenvalue weighted by Gasteiger charge is 2.41. The second-order valence-electron chi connectivity index (χ2n) is 6.18. The van der Waals surface area contributed by atoms with E-state index < -0.39 is 23.2 Å². The largest absolute Gasteiger partial charge is 0.493 e. The molecule has 1 fully saturated rings. The van der Waals surface area contributed by atoms with Crippen LogP contribution in [0.3, 0.4) is 0 Å². The summed E-state index contributed by atoms with van der Waals surface area (Å²) in [6.07, 6.45) is 1.53. The van der Waals surface area contributed by atoms with E-state index in [1.165, 1.54) is 14.0 Å². The number of hydrogen-bond acceptors (Lipinski definition) is 7. The maximum absolute atomic E-state index is 12.7. The Morgan fingerprint density at radius 1 is 1.29 bits per heavy atom. The third kappa shape index (κ3) is 4.88. The molecule has 0 radical (unpaired) electrons. The van der Waals surface area contributed by atoms with Gasteiger partial charge in [0.25, 0.3) is 11.1 Å². The summed E-state index contributed by atoms with van der Waals surface area (Å²) in [5, 5.41) is -0.511. The summed E-state index contributed by atoms with van der Waals surface area (Å²) in [7, 11) is 1.52. The summed E-state index contributed by atoms with van der Waals surface area (Å²) in [6.45, 7) is 7.11. The average molecular weight is 472 g/mol. The number of rotatable bonds is 7. The van der Waals surface area contributed by atoms with Crippen LogP contribution in [0.5, 0.6) is 11.5 Å². The lowest BCUT2D eigenvalue weighted by Crippen LogP contribution is -2.42. The summed E-state index contributed by atoms with van der Waals surface area (Å²) in [5.41, 5.74) is 0.647. The first-order valence-corrected chi connectivity index (χ1v) is 10.3. The van der Waals surface area contributed by atoms with Crippen molar-refractivity contribution >= 4 is 50.9 Å². The van der Waals surface area contributed by atoms with Gasteiger partial charge in [0.2, 0.25) is 0 Å². The Kier molecular flexibility index (Phi) is 7.54. The number of benzene rings is 1. The Bertz CT molecular complexity index is 823. The van der Waals surface area contributed by atoms with Gasteiger partial charge in [0.05, 0.1) is 29.2 Å². The fourth-order valence-electron chi connectivity index (χ4n) is 2.51. The Hall–Kier alpha value is -2.00. The number of carbonyl (C=O) groups excluding carboxylic acids is 3. The van der Waals surface area contributed by atoms with Gasteiger partial charge >= 0.3 is 5.97 Å². The minimum absolute atomic E-state index is 0.0445. The van der Waals surface area contributed by atoms with Crippen LogP contribution in [0, 0.1) is 0 Å². The predicted octanol–water partition coefficient (Wildman–Crippen LogP) is 4.23.